The van der Waals surface area contributed by atoms with E-state index in [-0.39, 0.29) is 36.1 Å². The van der Waals surface area contributed by atoms with Gasteiger partial charge in [0, 0.05) is 35.6 Å². The van der Waals surface area contributed by atoms with Gasteiger partial charge in [0.05, 0.1) is 29.2 Å². The second-order valence-electron chi connectivity index (χ2n) is 12.1. The molecule has 238 valence electrons. The monoisotopic (exact) mass is 655 g/mol. The molecule has 3 heterocycles. The third-order valence-electron chi connectivity index (χ3n) is 9.54. The van der Waals surface area contributed by atoms with Gasteiger partial charge < -0.3 is 19.8 Å². The number of hydrogen-bond donors (Lipinski definition) is 1. The Kier molecular flexibility index (Phi) is 9.41. The topological polar surface area (TPSA) is 81.2 Å². The second-order valence-corrected chi connectivity index (χ2v) is 14.2. The van der Waals surface area contributed by atoms with Gasteiger partial charge in [-0.2, -0.15) is 0 Å². The van der Waals surface area contributed by atoms with E-state index in [0.717, 1.165) is 11.1 Å². The average molecular weight is 656 g/mol. The number of thioether (sulfide) groups is 1. The van der Waals surface area contributed by atoms with E-state index < -0.39 is 28.7 Å². The maximum absolute atomic E-state index is 15.0. The summed E-state index contributed by atoms with van der Waals surface area (Å²) in [7, 11) is 0. The summed E-state index contributed by atoms with van der Waals surface area (Å²) in [4.78, 5) is 49.4. The first-order chi connectivity index (χ1) is 22.3. The molecule has 3 amide bonds. The SMILES string of the molecule is C=CCN(Cc1ccccc1)C(=O)[C@@H]1[C@@H]2CCC3(S2)C(C(=O)N(CC=C)c2ccc(Cl)cc2)N([C@H](CO)c2ccccc2)C(=O)[C@H]13. The molecular formula is C37H38ClN3O4S. The Bertz CT molecular complexity index is 1600. The molecule has 0 aliphatic carbocycles. The first-order valence-electron chi connectivity index (χ1n) is 15.6. The molecule has 9 heteroatoms. The van der Waals surface area contributed by atoms with Crippen LogP contribution in [0.25, 0.3) is 0 Å². The Morgan fingerprint density at radius 2 is 1.63 bits per heavy atom. The van der Waals surface area contributed by atoms with Crippen LogP contribution in [-0.2, 0) is 20.9 Å². The minimum atomic E-state index is -0.909. The highest BCUT2D eigenvalue weighted by Crippen LogP contribution is 2.67. The Balaban J connectivity index is 1.44. The van der Waals surface area contributed by atoms with Crippen molar-refractivity contribution in [3.05, 3.63) is 126 Å². The van der Waals surface area contributed by atoms with E-state index in [1.807, 2.05) is 60.7 Å². The van der Waals surface area contributed by atoms with Crippen molar-refractivity contribution in [3.63, 3.8) is 0 Å². The fraction of sp³-hybridized carbons (Fsp3) is 0.324. The zero-order valence-electron chi connectivity index (χ0n) is 25.6. The lowest BCUT2D eigenvalue weighted by Gasteiger charge is -2.39. The van der Waals surface area contributed by atoms with Crippen LogP contribution in [0.1, 0.15) is 30.0 Å². The summed E-state index contributed by atoms with van der Waals surface area (Å²) < 4.78 is -0.834. The fourth-order valence-electron chi connectivity index (χ4n) is 7.64. The molecule has 6 atom stereocenters. The number of nitrogens with zero attached hydrogens (tertiary/aromatic N) is 3. The van der Waals surface area contributed by atoms with Crippen LogP contribution in [0, 0.1) is 11.8 Å². The molecule has 0 saturated carbocycles. The van der Waals surface area contributed by atoms with E-state index in [4.69, 9.17) is 11.6 Å². The van der Waals surface area contributed by atoms with Gasteiger partial charge in [0.2, 0.25) is 11.8 Å². The second kappa shape index (κ2) is 13.5. The van der Waals surface area contributed by atoms with Crippen molar-refractivity contribution in [2.45, 2.75) is 41.5 Å². The van der Waals surface area contributed by atoms with Crippen molar-refractivity contribution in [2.24, 2.45) is 11.8 Å². The summed E-state index contributed by atoms with van der Waals surface area (Å²) in [6.07, 6.45) is 4.70. The van der Waals surface area contributed by atoms with Crippen molar-refractivity contribution in [3.8, 4) is 0 Å². The minimum Gasteiger partial charge on any atom is -0.394 e. The number of carbonyl (C=O) groups excluding carboxylic acids is 3. The number of aliphatic hydroxyl groups is 1. The fourth-order valence-corrected chi connectivity index (χ4v) is 9.96. The molecule has 3 aromatic carbocycles. The van der Waals surface area contributed by atoms with Gasteiger partial charge >= 0.3 is 0 Å². The van der Waals surface area contributed by atoms with Crippen LogP contribution in [0.3, 0.4) is 0 Å². The summed E-state index contributed by atoms with van der Waals surface area (Å²) in [6.45, 7) is 8.38. The number of aliphatic hydroxyl groups excluding tert-OH is 1. The van der Waals surface area contributed by atoms with Gasteiger partial charge in [-0.3, -0.25) is 14.4 Å². The molecule has 46 heavy (non-hydrogen) atoms. The van der Waals surface area contributed by atoms with E-state index in [1.165, 1.54) is 0 Å². The standard InChI is InChI=1S/C37H38ClN3O4S/c1-3-21-39(23-25-11-7-5-8-12-25)34(43)31-30-19-20-37(46-30)32(31)35(44)41(29(24-42)26-13-9-6-10-14-26)33(37)36(45)40(22-4-2)28-17-15-27(38)16-18-28/h3-18,29-33,42H,1-2,19-24H2/t29-,30+,31-,32+,33?,37?/m1/s1. The molecule has 2 bridgehead atoms. The maximum atomic E-state index is 15.0. The number of rotatable bonds is 12. The van der Waals surface area contributed by atoms with Crippen LogP contribution < -0.4 is 4.90 Å². The minimum absolute atomic E-state index is 0.102. The van der Waals surface area contributed by atoms with Gasteiger partial charge in [-0.15, -0.1) is 24.9 Å². The van der Waals surface area contributed by atoms with E-state index >= 15 is 0 Å². The highest BCUT2D eigenvalue weighted by atomic mass is 35.5. The van der Waals surface area contributed by atoms with Crippen molar-refractivity contribution in [1.82, 2.24) is 9.80 Å². The van der Waals surface area contributed by atoms with Crippen LogP contribution in [0.2, 0.25) is 5.02 Å². The number of anilines is 1. The van der Waals surface area contributed by atoms with E-state index in [9.17, 15) is 19.5 Å². The predicted molar refractivity (Wildman–Crippen MR) is 183 cm³/mol. The highest BCUT2D eigenvalue weighted by Gasteiger charge is 2.74. The Morgan fingerprint density at radius 3 is 2.26 bits per heavy atom. The van der Waals surface area contributed by atoms with Gasteiger partial charge in [-0.1, -0.05) is 84.4 Å². The molecule has 3 aliphatic rings. The van der Waals surface area contributed by atoms with Crippen LogP contribution in [0.5, 0.6) is 0 Å². The molecule has 3 aliphatic heterocycles. The van der Waals surface area contributed by atoms with Crippen LogP contribution in [0.4, 0.5) is 5.69 Å². The zero-order valence-corrected chi connectivity index (χ0v) is 27.2. The number of carbonyl (C=O) groups is 3. The normalized spacial score (nSPS) is 25.2. The first kappa shape index (κ1) is 32.1. The molecule has 7 nitrogen and oxygen atoms in total. The number of amides is 3. The molecule has 2 unspecified atom stereocenters. The zero-order chi connectivity index (χ0) is 32.4. The first-order valence-corrected chi connectivity index (χ1v) is 16.9. The van der Waals surface area contributed by atoms with Crippen LogP contribution in [0.15, 0.2) is 110 Å². The van der Waals surface area contributed by atoms with Gasteiger partial charge in [-0.25, -0.2) is 0 Å². The van der Waals surface area contributed by atoms with E-state index in [2.05, 4.69) is 13.2 Å². The summed E-state index contributed by atoms with van der Waals surface area (Å²) in [6, 6.07) is 24.4. The Hall–Kier alpha value is -3.85. The number of halogens is 1. The molecule has 3 aromatic rings. The largest absolute Gasteiger partial charge is 0.394 e. The van der Waals surface area contributed by atoms with E-state index in [0.29, 0.717) is 36.6 Å². The summed E-state index contributed by atoms with van der Waals surface area (Å²) in [5, 5.41) is 11.3. The van der Waals surface area contributed by atoms with Gasteiger partial charge in [0.1, 0.15) is 6.04 Å². The lowest BCUT2D eigenvalue weighted by molar-refractivity contribution is -0.145. The lowest BCUT2D eigenvalue weighted by Crippen LogP contribution is -2.56. The molecular weight excluding hydrogens is 618 g/mol. The third kappa shape index (κ3) is 5.57. The van der Waals surface area contributed by atoms with Gasteiger partial charge in [0.15, 0.2) is 0 Å². The Morgan fingerprint density at radius 1 is 0.978 bits per heavy atom. The van der Waals surface area contributed by atoms with Crippen molar-refractivity contribution in [1.29, 1.82) is 0 Å². The van der Waals surface area contributed by atoms with Crippen LogP contribution >= 0.6 is 23.4 Å². The number of hydrogen-bond acceptors (Lipinski definition) is 5. The smallest absolute Gasteiger partial charge is 0.251 e. The molecule has 1 spiro atoms. The van der Waals surface area contributed by atoms with Gasteiger partial charge in [0.25, 0.3) is 5.91 Å². The number of benzene rings is 3. The quantitative estimate of drug-likeness (QED) is 0.246. The third-order valence-corrected chi connectivity index (χ3v) is 11.7. The molecule has 3 fully saturated rings. The van der Waals surface area contributed by atoms with Crippen molar-refractivity contribution in [2.75, 3.05) is 24.6 Å². The van der Waals surface area contributed by atoms with E-state index in [1.54, 1.807) is 62.9 Å². The number of fused-ring (bicyclic) bond motifs is 1. The molecule has 1 N–H and O–H groups in total. The molecule has 3 saturated heterocycles. The molecule has 0 aromatic heterocycles. The Labute approximate surface area is 279 Å². The van der Waals surface area contributed by atoms with Crippen molar-refractivity contribution >= 4 is 46.8 Å². The predicted octanol–water partition coefficient (Wildman–Crippen LogP) is 5.90. The molecule has 6 rings (SSSR count). The average Bonchev–Trinajstić information content (AvgIpc) is 3.72. The van der Waals surface area contributed by atoms with Crippen LogP contribution in [-0.4, -0.2) is 68.4 Å². The van der Waals surface area contributed by atoms with Crippen molar-refractivity contribution < 1.29 is 19.5 Å². The highest BCUT2D eigenvalue weighted by molar-refractivity contribution is 8.02. The molecule has 0 radical (unpaired) electrons. The maximum Gasteiger partial charge on any atom is 0.251 e. The lowest BCUT2D eigenvalue weighted by atomic mass is 9.70. The summed E-state index contributed by atoms with van der Waals surface area (Å²) >= 11 is 7.80. The summed E-state index contributed by atoms with van der Waals surface area (Å²) in [5.74, 6) is -1.94. The number of likely N-dealkylation sites (tertiary alicyclic amines) is 1. The van der Waals surface area contributed by atoms with Gasteiger partial charge in [-0.05, 0) is 48.2 Å². The summed E-state index contributed by atoms with van der Waals surface area (Å²) in [5.41, 5.74) is 2.35.